The Bertz CT molecular complexity index is 535. The first kappa shape index (κ1) is 14.0. The average molecular weight is 287 g/mol. The number of carbonyl (C=O) groups excluding carboxylic acids is 1. The van der Waals surface area contributed by atoms with E-state index in [1.54, 1.807) is 0 Å². The molecule has 1 unspecified atom stereocenters. The summed E-state index contributed by atoms with van der Waals surface area (Å²) in [5.74, 6) is -1.47. The fourth-order valence-electron chi connectivity index (χ4n) is 1.68. The summed E-state index contributed by atoms with van der Waals surface area (Å²) in [7, 11) is 0. The SMILES string of the molecule is O=C(NC(CC(F)F)C(=O)O)c1ccc2c(c1)OCO2. The van der Waals surface area contributed by atoms with Crippen LogP contribution in [0, 0.1) is 0 Å². The standard InChI is InChI=1S/C12H11F2NO5/c13-10(14)4-7(12(17)18)15-11(16)6-1-2-8-9(3-6)20-5-19-8/h1-3,7,10H,4-5H2,(H,15,16)(H,17,18). The number of halogens is 2. The predicted octanol–water partition coefficient (Wildman–Crippen LogP) is 1.25. The summed E-state index contributed by atoms with van der Waals surface area (Å²) in [4.78, 5) is 22.6. The zero-order valence-corrected chi connectivity index (χ0v) is 10.1. The van der Waals surface area contributed by atoms with Gasteiger partial charge in [0.1, 0.15) is 6.04 Å². The van der Waals surface area contributed by atoms with Crippen molar-refractivity contribution >= 4 is 11.9 Å². The van der Waals surface area contributed by atoms with Crippen LogP contribution in [0.15, 0.2) is 18.2 Å². The first-order chi connectivity index (χ1) is 9.47. The lowest BCUT2D eigenvalue weighted by Crippen LogP contribution is -2.42. The Morgan fingerprint density at radius 2 is 2.00 bits per heavy atom. The summed E-state index contributed by atoms with van der Waals surface area (Å²) >= 11 is 0. The molecular formula is C12H11F2NO5. The zero-order chi connectivity index (χ0) is 14.7. The molecule has 1 aliphatic rings. The Morgan fingerprint density at radius 1 is 1.30 bits per heavy atom. The van der Waals surface area contributed by atoms with E-state index in [4.69, 9.17) is 14.6 Å². The van der Waals surface area contributed by atoms with Gasteiger partial charge >= 0.3 is 5.97 Å². The molecule has 1 atom stereocenters. The first-order valence-corrected chi connectivity index (χ1v) is 5.69. The molecule has 8 heteroatoms. The van der Waals surface area contributed by atoms with Crippen LogP contribution >= 0.6 is 0 Å². The maximum atomic E-state index is 12.2. The number of nitrogens with one attached hydrogen (secondary N) is 1. The van der Waals surface area contributed by atoms with Gasteiger partial charge in [0.05, 0.1) is 0 Å². The van der Waals surface area contributed by atoms with Crippen molar-refractivity contribution in [2.24, 2.45) is 0 Å². The Labute approximate surface area is 112 Å². The summed E-state index contributed by atoms with van der Waals surface area (Å²) < 4.78 is 34.6. The molecule has 2 N–H and O–H groups in total. The molecule has 0 saturated heterocycles. The fraction of sp³-hybridized carbons (Fsp3) is 0.333. The van der Waals surface area contributed by atoms with Crippen molar-refractivity contribution in [3.8, 4) is 11.5 Å². The van der Waals surface area contributed by atoms with E-state index in [1.807, 2.05) is 5.32 Å². The van der Waals surface area contributed by atoms with Gasteiger partial charge in [0.15, 0.2) is 11.5 Å². The Morgan fingerprint density at radius 3 is 2.65 bits per heavy atom. The van der Waals surface area contributed by atoms with Gasteiger partial charge in [-0.05, 0) is 18.2 Å². The van der Waals surface area contributed by atoms with E-state index in [0.29, 0.717) is 11.5 Å². The number of rotatable bonds is 5. The van der Waals surface area contributed by atoms with Crippen LogP contribution in [0.1, 0.15) is 16.8 Å². The Balaban J connectivity index is 2.08. The summed E-state index contributed by atoms with van der Waals surface area (Å²) in [5, 5.41) is 10.8. The van der Waals surface area contributed by atoms with E-state index >= 15 is 0 Å². The molecule has 0 aliphatic carbocycles. The summed E-state index contributed by atoms with van der Waals surface area (Å²) in [6.07, 6.45) is -3.78. The van der Waals surface area contributed by atoms with Crippen molar-refractivity contribution in [1.82, 2.24) is 5.32 Å². The van der Waals surface area contributed by atoms with Crippen LogP contribution in [0.25, 0.3) is 0 Å². The van der Waals surface area contributed by atoms with Crippen LogP contribution in [-0.4, -0.2) is 36.2 Å². The monoisotopic (exact) mass is 287 g/mol. The van der Waals surface area contributed by atoms with Gasteiger partial charge in [-0.2, -0.15) is 0 Å². The molecule has 0 aromatic heterocycles. The molecule has 1 aromatic carbocycles. The van der Waals surface area contributed by atoms with Gasteiger partial charge in [-0.1, -0.05) is 0 Å². The Hall–Kier alpha value is -2.38. The van der Waals surface area contributed by atoms with Crippen LogP contribution in [0.2, 0.25) is 0 Å². The second-order valence-corrected chi connectivity index (χ2v) is 4.06. The number of fused-ring (bicyclic) bond motifs is 1. The first-order valence-electron chi connectivity index (χ1n) is 5.69. The van der Waals surface area contributed by atoms with Gasteiger partial charge in [0.25, 0.3) is 5.91 Å². The number of benzene rings is 1. The molecule has 20 heavy (non-hydrogen) atoms. The number of carboxylic acid groups (broad SMARTS) is 1. The minimum Gasteiger partial charge on any atom is -0.480 e. The molecule has 108 valence electrons. The van der Waals surface area contributed by atoms with Crippen molar-refractivity contribution in [3.05, 3.63) is 23.8 Å². The van der Waals surface area contributed by atoms with Crippen LogP contribution in [0.4, 0.5) is 8.78 Å². The highest BCUT2D eigenvalue weighted by molar-refractivity contribution is 5.97. The second-order valence-electron chi connectivity index (χ2n) is 4.06. The van der Waals surface area contributed by atoms with Crippen molar-refractivity contribution in [3.63, 3.8) is 0 Å². The molecule has 1 amide bonds. The van der Waals surface area contributed by atoms with Crippen molar-refractivity contribution in [2.75, 3.05) is 6.79 Å². The maximum absolute atomic E-state index is 12.2. The van der Waals surface area contributed by atoms with Gasteiger partial charge in [0.2, 0.25) is 13.2 Å². The number of ether oxygens (including phenoxy) is 2. The third kappa shape index (κ3) is 3.14. The molecular weight excluding hydrogens is 276 g/mol. The Kier molecular flexibility index (Phi) is 4.02. The molecule has 0 radical (unpaired) electrons. The fourth-order valence-corrected chi connectivity index (χ4v) is 1.68. The van der Waals surface area contributed by atoms with Crippen molar-refractivity contribution in [1.29, 1.82) is 0 Å². The number of carboxylic acids is 1. The van der Waals surface area contributed by atoms with Gasteiger partial charge in [-0.15, -0.1) is 0 Å². The minimum atomic E-state index is -2.83. The van der Waals surface area contributed by atoms with Gasteiger partial charge in [-0.25, -0.2) is 13.6 Å². The lowest BCUT2D eigenvalue weighted by molar-refractivity contribution is -0.140. The van der Waals surface area contributed by atoms with Crippen LogP contribution in [-0.2, 0) is 4.79 Å². The quantitative estimate of drug-likeness (QED) is 0.851. The largest absolute Gasteiger partial charge is 0.480 e. The normalized spacial score (nSPS) is 14.2. The van der Waals surface area contributed by atoms with Gasteiger partial charge < -0.3 is 19.9 Å². The molecule has 1 aliphatic heterocycles. The van der Waals surface area contributed by atoms with Crippen LogP contribution in [0.5, 0.6) is 11.5 Å². The summed E-state index contributed by atoms with van der Waals surface area (Å²) in [6, 6.07) is 2.59. The highest BCUT2D eigenvalue weighted by Gasteiger charge is 2.25. The van der Waals surface area contributed by atoms with Crippen molar-refractivity contribution in [2.45, 2.75) is 18.9 Å². The number of hydrogen-bond acceptors (Lipinski definition) is 4. The van der Waals surface area contributed by atoms with Crippen LogP contribution < -0.4 is 14.8 Å². The van der Waals surface area contributed by atoms with E-state index in [2.05, 4.69) is 0 Å². The third-order valence-corrected chi connectivity index (χ3v) is 2.65. The molecule has 0 spiro atoms. The summed E-state index contributed by atoms with van der Waals surface area (Å²) in [5.41, 5.74) is 0.106. The summed E-state index contributed by atoms with van der Waals surface area (Å²) in [6.45, 7) is 0.0313. The van der Waals surface area contributed by atoms with Gasteiger partial charge in [-0.3, -0.25) is 4.79 Å². The molecule has 0 bridgehead atoms. The second kappa shape index (κ2) is 5.72. The molecule has 6 nitrogen and oxygen atoms in total. The van der Waals surface area contributed by atoms with E-state index in [0.717, 1.165) is 0 Å². The lowest BCUT2D eigenvalue weighted by Gasteiger charge is -2.14. The highest BCUT2D eigenvalue weighted by atomic mass is 19.3. The number of carbonyl (C=O) groups is 2. The smallest absolute Gasteiger partial charge is 0.326 e. The maximum Gasteiger partial charge on any atom is 0.326 e. The molecule has 0 fully saturated rings. The predicted molar refractivity (Wildman–Crippen MR) is 62.1 cm³/mol. The molecule has 1 aromatic rings. The minimum absolute atomic E-state index is 0.0313. The third-order valence-electron chi connectivity index (χ3n) is 2.65. The number of hydrogen-bond donors (Lipinski definition) is 2. The highest BCUT2D eigenvalue weighted by Crippen LogP contribution is 2.32. The van der Waals surface area contributed by atoms with E-state index < -0.39 is 30.8 Å². The average Bonchev–Trinajstić information content (AvgIpc) is 2.84. The van der Waals surface area contributed by atoms with E-state index in [-0.39, 0.29) is 12.4 Å². The molecule has 2 rings (SSSR count). The van der Waals surface area contributed by atoms with Crippen LogP contribution in [0.3, 0.4) is 0 Å². The topological polar surface area (TPSA) is 84.9 Å². The molecule has 1 heterocycles. The zero-order valence-electron chi connectivity index (χ0n) is 10.1. The number of amides is 1. The lowest BCUT2D eigenvalue weighted by atomic mass is 10.1. The van der Waals surface area contributed by atoms with E-state index in [1.165, 1.54) is 18.2 Å². The number of alkyl halides is 2. The van der Waals surface area contributed by atoms with Gasteiger partial charge in [0, 0.05) is 12.0 Å². The van der Waals surface area contributed by atoms with Crippen molar-refractivity contribution < 1.29 is 33.0 Å². The number of aliphatic carboxylic acids is 1. The van der Waals surface area contributed by atoms with E-state index in [9.17, 15) is 18.4 Å². The molecule has 0 saturated carbocycles.